The van der Waals surface area contributed by atoms with Gasteiger partial charge in [0.2, 0.25) is 0 Å². The minimum Gasteiger partial charge on any atom is -0.430 e. The van der Waals surface area contributed by atoms with E-state index in [1.165, 1.54) is 23.5 Å². The van der Waals surface area contributed by atoms with Gasteiger partial charge in [-0.05, 0) is 52.4 Å². The van der Waals surface area contributed by atoms with E-state index < -0.39 is 48.2 Å². The maximum atomic E-state index is 15.5. The zero-order valence-electron chi connectivity index (χ0n) is 20.2. The van der Waals surface area contributed by atoms with Gasteiger partial charge in [-0.1, -0.05) is 38.4 Å². The summed E-state index contributed by atoms with van der Waals surface area (Å²) in [7, 11) is 0. The van der Waals surface area contributed by atoms with Crippen LogP contribution < -0.4 is 10.6 Å². The van der Waals surface area contributed by atoms with Crippen LogP contribution in [0.2, 0.25) is 5.02 Å². The minimum atomic E-state index is -1.41. The molecule has 3 rings (SSSR count). The van der Waals surface area contributed by atoms with Gasteiger partial charge in [0.1, 0.15) is 11.2 Å². The smallest absolute Gasteiger partial charge is 0.408 e. The predicted molar refractivity (Wildman–Crippen MR) is 140 cm³/mol. The quantitative estimate of drug-likeness (QED) is 0.336. The molecule has 0 unspecified atom stereocenters. The van der Waals surface area contributed by atoms with E-state index in [0.717, 1.165) is 9.35 Å². The van der Waals surface area contributed by atoms with Crippen LogP contribution in [0.4, 0.5) is 9.18 Å². The van der Waals surface area contributed by atoms with Gasteiger partial charge in [0.15, 0.2) is 6.23 Å². The SMILES string of the molecule is CC(C)(C)C[C@@H]1N[C@H](OC(=O)NCC[C@H](O)CO)[C@H](c2cc(Br)cs2)[C@@]1(C#N)c1ccc(Cl)cc1F. The van der Waals surface area contributed by atoms with Gasteiger partial charge in [0.25, 0.3) is 0 Å². The van der Waals surface area contributed by atoms with Gasteiger partial charge in [-0.15, -0.1) is 11.3 Å². The van der Waals surface area contributed by atoms with Crippen LogP contribution in [-0.4, -0.2) is 47.8 Å². The first-order chi connectivity index (χ1) is 16.9. The van der Waals surface area contributed by atoms with E-state index in [2.05, 4.69) is 32.6 Å². The average Bonchev–Trinajstić information content (AvgIpc) is 3.33. The summed E-state index contributed by atoms with van der Waals surface area (Å²) in [6, 6.07) is 8.00. The number of nitriles is 1. The van der Waals surface area contributed by atoms with Crippen molar-refractivity contribution in [1.29, 1.82) is 5.26 Å². The van der Waals surface area contributed by atoms with Crippen LogP contribution in [0.5, 0.6) is 0 Å². The Balaban J connectivity index is 2.07. The van der Waals surface area contributed by atoms with Crippen molar-refractivity contribution in [2.45, 2.75) is 63.3 Å². The van der Waals surface area contributed by atoms with Gasteiger partial charge in [0.05, 0.1) is 24.7 Å². The van der Waals surface area contributed by atoms with Crippen molar-refractivity contribution in [3.8, 4) is 6.07 Å². The van der Waals surface area contributed by atoms with E-state index in [1.54, 1.807) is 6.07 Å². The van der Waals surface area contributed by atoms with Crippen LogP contribution >= 0.6 is 38.9 Å². The van der Waals surface area contributed by atoms with Crippen LogP contribution in [0, 0.1) is 22.6 Å². The lowest BCUT2D eigenvalue weighted by Crippen LogP contribution is -2.44. The summed E-state index contributed by atoms with van der Waals surface area (Å²) in [6.45, 7) is 5.75. The third kappa shape index (κ3) is 6.39. The largest absolute Gasteiger partial charge is 0.430 e. The van der Waals surface area contributed by atoms with Crippen molar-refractivity contribution >= 4 is 45.0 Å². The van der Waals surface area contributed by atoms with Crippen molar-refractivity contribution in [1.82, 2.24) is 10.6 Å². The van der Waals surface area contributed by atoms with E-state index in [0.29, 0.717) is 6.42 Å². The number of carbonyl (C=O) groups is 1. The average molecular weight is 603 g/mol. The molecule has 11 heteroatoms. The number of amides is 1. The molecule has 2 aromatic rings. The van der Waals surface area contributed by atoms with E-state index in [1.807, 2.05) is 32.2 Å². The maximum Gasteiger partial charge on any atom is 0.408 e. The van der Waals surface area contributed by atoms with Crippen molar-refractivity contribution < 1.29 is 24.1 Å². The Morgan fingerprint density at radius 1 is 1.44 bits per heavy atom. The van der Waals surface area contributed by atoms with Crippen LogP contribution in [0.15, 0.2) is 34.1 Å². The predicted octanol–water partition coefficient (Wildman–Crippen LogP) is 5.05. The van der Waals surface area contributed by atoms with E-state index in [4.69, 9.17) is 21.4 Å². The first-order valence-corrected chi connectivity index (χ1v) is 13.6. The highest BCUT2D eigenvalue weighted by Crippen LogP contribution is 2.53. The Morgan fingerprint density at radius 2 is 2.17 bits per heavy atom. The fourth-order valence-electron chi connectivity index (χ4n) is 4.66. The molecule has 0 spiro atoms. The lowest BCUT2D eigenvalue weighted by Gasteiger charge is -2.36. The minimum absolute atomic E-state index is 0.0864. The lowest BCUT2D eigenvalue weighted by atomic mass is 9.65. The zero-order valence-corrected chi connectivity index (χ0v) is 23.4. The van der Waals surface area contributed by atoms with Gasteiger partial charge >= 0.3 is 6.09 Å². The second-order valence-corrected chi connectivity index (χ2v) is 12.4. The maximum absolute atomic E-state index is 15.5. The highest BCUT2D eigenvalue weighted by atomic mass is 79.9. The van der Waals surface area contributed by atoms with Gasteiger partial charge in [-0.25, -0.2) is 9.18 Å². The molecule has 4 N–H and O–H groups in total. The highest BCUT2D eigenvalue weighted by molar-refractivity contribution is 9.10. The topological polar surface area (TPSA) is 115 Å². The molecule has 0 bridgehead atoms. The molecule has 1 saturated heterocycles. The number of ether oxygens (including phenoxy) is 1. The number of aliphatic hydroxyl groups is 2. The van der Waals surface area contributed by atoms with E-state index in [-0.39, 0.29) is 29.0 Å². The van der Waals surface area contributed by atoms with Crippen molar-refractivity contribution in [2.24, 2.45) is 5.41 Å². The number of carbonyl (C=O) groups excluding carboxylic acids is 1. The third-order valence-corrected chi connectivity index (χ3v) is 8.18. The summed E-state index contributed by atoms with van der Waals surface area (Å²) >= 11 is 10.9. The Morgan fingerprint density at radius 3 is 2.72 bits per heavy atom. The summed E-state index contributed by atoms with van der Waals surface area (Å²) in [5.74, 6) is -1.33. The summed E-state index contributed by atoms with van der Waals surface area (Å²) < 4.78 is 22.0. The number of nitrogens with one attached hydrogen (secondary N) is 2. The molecule has 1 fully saturated rings. The summed E-state index contributed by atoms with van der Waals surface area (Å²) in [6.07, 6.45) is -2.01. The number of aliphatic hydroxyl groups excluding tert-OH is 2. The van der Waals surface area contributed by atoms with Crippen LogP contribution in [0.3, 0.4) is 0 Å². The molecule has 0 aliphatic carbocycles. The second kappa shape index (κ2) is 11.8. The lowest BCUT2D eigenvalue weighted by molar-refractivity contribution is 0.0694. The van der Waals surface area contributed by atoms with Gasteiger partial charge in [-0.2, -0.15) is 5.26 Å². The van der Waals surface area contributed by atoms with Crippen molar-refractivity contribution in [3.63, 3.8) is 0 Å². The number of nitrogens with zero attached hydrogens (tertiary/aromatic N) is 1. The van der Waals surface area contributed by atoms with Crippen molar-refractivity contribution in [2.75, 3.05) is 13.2 Å². The van der Waals surface area contributed by atoms with Crippen LogP contribution in [-0.2, 0) is 10.2 Å². The fraction of sp³-hybridized carbons (Fsp3) is 0.520. The highest BCUT2D eigenvalue weighted by Gasteiger charge is 2.60. The van der Waals surface area contributed by atoms with E-state index in [9.17, 15) is 15.2 Å². The van der Waals surface area contributed by atoms with Gasteiger partial charge in [-0.3, -0.25) is 5.32 Å². The molecule has 5 atom stereocenters. The molecule has 1 aliphatic heterocycles. The number of hydrogen-bond donors (Lipinski definition) is 4. The second-order valence-electron chi connectivity index (χ2n) is 10.1. The van der Waals surface area contributed by atoms with Gasteiger partial charge in [0, 0.05) is 37.9 Å². The Bertz CT molecular complexity index is 1120. The molecule has 1 amide bonds. The molecule has 1 aromatic heterocycles. The summed E-state index contributed by atoms with van der Waals surface area (Å²) in [5.41, 5.74) is -1.46. The number of alkyl carbamates (subject to hydrolysis) is 1. The Kier molecular flexibility index (Phi) is 9.41. The van der Waals surface area contributed by atoms with Crippen LogP contribution in [0.1, 0.15) is 50.0 Å². The van der Waals surface area contributed by atoms with Crippen molar-refractivity contribution in [3.05, 3.63) is 55.4 Å². The summed E-state index contributed by atoms with van der Waals surface area (Å²) in [4.78, 5) is 13.4. The number of hydrogen-bond acceptors (Lipinski definition) is 7. The Hall–Kier alpha value is -1.74. The van der Waals surface area contributed by atoms with E-state index >= 15 is 4.39 Å². The molecular formula is C25H30BrClFN3O4S. The number of benzene rings is 1. The molecule has 0 radical (unpaired) electrons. The number of thiophene rings is 1. The molecule has 196 valence electrons. The van der Waals surface area contributed by atoms with Crippen LogP contribution in [0.25, 0.3) is 0 Å². The molecular weight excluding hydrogens is 573 g/mol. The molecule has 1 aliphatic rings. The first kappa shape index (κ1) is 28.8. The third-order valence-electron chi connectivity index (χ3n) is 6.17. The normalized spacial score (nSPS) is 24.8. The van der Waals surface area contributed by atoms with Gasteiger partial charge < -0.3 is 20.3 Å². The molecule has 36 heavy (non-hydrogen) atoms. The fourth-order valence-corrected chi connectivity index (χ4v) is 6.46. The molecule has 0 saturated carbocycles. The molecule has 2 heterocycles. The first-order valence-electron chi connectivity index (χ1n) is 11.5. The summed E-state index contributed by atoms with van der Waals surface area (Å²) in [5, 5.41) is 37.2. The monoisotopic (exact) mass is 601 g/mol. The zero-order chi connectivity index (χ0) is 26.7. The molecule has 7 nitrogen and oxygen atoms in total. The number of rotatable bonds is 8. The number of halogens is 3. The standard InChI is InChI=1S/C25H30BrClFN3O4S/c1-24(2,3)10-20-25(13-29,17-5-4-15(27)9-18(17)28)21(19-8-14(26)12-36-19)22(31-20)35-23(34)30-7-6-16(33)11-32/h4-5,8-9,12,16,20-22,31-33H,6-7,10-11H2,1-3H3,(H,30,34)/t16-,20-,21-,22+,25-/m0/s1. The molecule has 1 aromatic carbocycles. The Labute approximate surface area is 227 Å².